The molecule has 0 aliphatic heterocycles. The Kier molecular flexibility index (Phi) is 5.83. The number of amides is 1. The summed E-state index contributed by atoms with van der Waals surface area (Å²) >= 11 is 2.95. The van der Waals surface area contributed by atoms with Crippen LogP contribution < -0.4 is 4.90 Å². The lowest BCUT2D eigenvalue weighted by molar-refractivity contribution is 0.0963. The monoisotopic (exact) mass is 445 g/mol. The number of aryl methyl sites for hydroxylation is 1. The second-order valence-corrected chi connectivity index (χ2v) is 8.83. The van der Waals surface area contributed by atoms with Crippen molar-refractivity contribution in [2.45, 2.75) is 23.9 Å². The van der Waals surface area contributed by atoms with Gasteiger partial charge in [-0.1, -0.05) is 41.3 Å². The minimum atomic E-state index is -1.01. The Morgan fingerprint density at radius 2 is 1.97 bits per heavy atom. The maximum absolute atomic E-state index is 13.7. The molecule has 2 heterocycles. The first-order valence-corrected chi connectivity index (χ1v) is 11.0. The van der Waals surface area contributed by atoms with Gasteiger partial charge in [0.05, 0.1) is 0 Å². The van der Waals surface area contributed by atoms with Crippen molar-refractivity contribution < 1.29 is 18.0 Å². The number of fused-ring (bicyclic) bond motifs is 1. The van der Waals surface area contributed by atoms with E-state index in [1.165, 1.54) is 34.1 Å². The third-order valence-corrected chi connectivity index (χ3v) is 6.51. The zero-order chi connectivity index (χ0) is 21.3. The van der Waals surface area contributed by atoms with Crippen LogP contribution in [0.2, 0.25) is 0 Å². The molecule has 0 fully saturated rings. The topological polar surface area (TPSA) is 59.2 Å². The molecule has 0 spiro atoms. The van der Waals surface area contributed by atoms with E-state index in [0.717, 1.165) is 32.4 Å². The van der Waals surface area contributed by atoms with Gasteiger partial charge in [0.15, 0.2) is 21.7 Å². The van der Waals surface area contributed by atoms with Gasteiger partial charge in [-0.05, 0) is 32.0 Å². The van der Waals surface area contributed by atoms with Gasteiger partial charge in [-0.25, -0.2) is 8.78 Å². The number of benzene rings is 2. The highest BCUT2D eigenvalue weighted by Gasteiger charge is 2.26. The Hall–Kier alpha value is -2.78. The lowest BCUT2D eigenvalue weighted by Gasteiger charge is -2.20. The van der Waals surface area contributed by atoms with Crippen LogP contribution in [0.5, 0.6) is 0 Å². The van der Waals surface area contributed by atoms with Crippen LogP contribution in [-0.2, 0) is 5.75 Å². The third kappa shape index (κ3) is 3.95. The second kappa shape index (κ2) is 8.53. The summed E-state index contributed by atoms with van der Waals surface area (Å²) in [4.78, 5) is 14.7. The van der Waals surface area contributed by atoms with E-state index in [4.69, 9.17) is 4.42 Å². The van der Waals surface area contributed by atoms with Gasteiger partial charge in [0.25, 0.3) is 5.91 Å². The Balaban J connectivity index is 1.72. The fraction of sp³-hybridized carbons (Fsp3) is 0.190. The maximum atomic E-state index is 13.7. The largest absolute Gasteiger partial charge is 0.451 e. The first-order chi connectivity index (χ1) is 14.5. The number of hydrogen-bond acceptors (Lipinski definition) is 6. The van der Waals surface area contributed by atoms with Gasteiger partial charge in [0, 0.05) is 35.0 Å². The minimum absolute atomic E-state index is 0.177. The summed E-state index contributed by atoms with van der Waals surface area (Å²) in [6, 6.07) is 10.8. The number of nitrogens with zero attached hydrogens (tertiary/aromatic N) is 3. The molecule has 0 unspecified atom stereocenters. The van der Waals surface area contributed by atoms with Crippen molar-refractivity contribution in [2.75, 3.05) is 11.4 Å². The summed E-state index contributed by atoms with van der Waals surface area (Å²) in [5.41, 5.74) is 1.58. The lowest BCUT2D eigenvalue weighted by Crippen LogP contribution is -2.31. The van der Waals surface area contributed by atoms with Crippen LogP contribution in [0.1, 0.15) is 28.0 Å². The predicted molar refractivity (Wildman–Crippen MR) is 114 cm³/mol. The number of thioether (sulfide) groups is 1. The molecule has 0 aliphatic carbocycles. The zero-order valence-electron chi connectivity index (χ0n) is 16.2. The number of hydrogen-bond donors (Lipinski definition) is 0. The molecule has 0 atom stereocenters. The molecule has 1 amide bonds. The van der Waals surface area contributed by atoms with Crippen LogP contribution in [0.3, 0.4) is 0 Å². The number of carbonyl (C=O) groups is 1. The van der Waals surface area contributed by atoms with Crippen molar-refractivity contribution >= 4 is 45.7 Å². The Bertz CT molecular complexity index is 1220. The molecule has 0 saturated heterocycles. The second-order valence-electron chi connectivity index (χ2n) is 6.43. The van der Waals surface area contributed by atoms with Crippen molar-refractivity contribution in [1.82, 2.24) is 10.2 Å². The number of furan rings is 1. The van der Waals surface area contributed by atoms with E-state index in [9.17, 15) is 13.6 Å². The first kappa shape index (κ1) is 20.5. The maximum Gasteiger partial charge on any atom is 0.294 e. The summed E-state index contributed by atoms with van der Waals surface area (Å²) in [6.07, 6.45) is 0. The van der Waals surface area contributed by atoms with Crippen molar-refractivity contribution in [3.05, 3.63) is 70.4 Å². The Morgan fingerprint density at radius 3 is 2.67 bits per heavy atom. The lowest BCUT2D eigenvalue weighted by atomic mass is 10.1. The summed E-state index contributed by atoms with van der Waals surface area (Å²) in [6.45, 7) is 3.91. The number of aromatic nitrogens is 2. The van der Waals surface area contributed by atoms with Gasteiger partial charge in [0.2, 0.25) is 0 Å². The van der Waals surface area contributed by atoms with Gasteiger partial charge in [-0.15, -0.1) is 10.2 Å². The number of halogens is 2. The highest BCUT2D eigenvalue weighted by molar-refractivity contribution is 8.00. The summed E-state index contributed by atoms with van der Waals surface area (Å²) in [5, 5.41) is 9.82. The number of carbonyl (C=O) groups excluding carboxylic acids is 1. The van der Waals surface area contributed by atoms with Crippen molar-refractivity contribution in [1.29, 1.82) is 0 Å². The number of rotatable bonds is 6. The average Bonchev–Trinajstić information content (AvgIpc) is 3.32. The molecule has 0 saturated carbocycles. The summed E-state index contributed by atoms with van der Waals surface area (Å²) in [7, 11) is 0. The average molecular weight is 446 g/mol. The van der Waals surface area contributed by atoms with E-state index >= 15 is 0 Å². The molecule has 2 aromatic heterocycles. The first-order valence-electron chi connectivity index (χ1n) is 9.18. The highest BCUT2D eigenvalue weighted by atomic mass is 32.2. The van der Waals surface area contributed by atoms with Crippen LogP contribution in [0.4, 0.5) is 14.5 Å². The molecule has 4 aromatic rings. The zero-order valence-corrected chi connectivity index (χ0v) is 17.8. The molecule has 5 nitrogen and oxygen atoms in total. The quantitative estimate of drug-likeness (QED) is 0.350. The van der Waals surface area contributed by atoms with Crippen LogP contribution >= 0.6 is 23.1 Å². The van der Waals surface area contributed by atoms with Crippen LogP contribution in [0, 0.1) is 18.6 Å². The van der Waals surface area contributed by atoms with Crippen LogP contribution in [0.15, 0.2) is 51.2 Å². The van der Waals surface area contributed by atoms with E-state index < -0.39 is 17.5 Å². The summed E-state index contributed by atoms with van der Waals surface area (Å²) in [5.74, 6) is -1.75. The standard InChI is InChI=1S/C21H17F2N3O2S2/c1-3-26(13-8-9-16(22)17(23)10-13)20(27)19-15(11-29-21-25-24-12(2)30-21)14-6-4-5-7-18(14)28-19/h4-10H,3,11H2,1-2H3. The molecule has 0 radical (unpaired) electrons. The van der Waals surface area contributed by atoms with Gasteiger partial charge in [-0.2, -0.15) is 0 Å². The van der Waals surface area contributed by atoms with Crippen molar-refractivity contribution in [2.24, 2.45) is 0 Å². The van der Waals surface area contributed by atoms with Gasteiger partial charge in [-0.3, -0.25) is 4.79 Å². The number of anilines is 1. The Labute approximate surface area is 179 Å². The molecule has 9 heteroatoms. The van der Waals surface area contributed by atoms with Crippen LogP contribution in [-0.4, -0.2) is 22.6 Å². The smallest absolute Gasteiger partial charge is 0.294 e. The van der Waals surface area contributed by atoms with E-state index in [0.29, 0.717) is 11.3 Å². The van der Waals surface area contributed by atoms with Gasteiger partial charge in [0.1, 0.15) is 10.6 Å². The SMILES string of the molecule is CCN(C(=O)c1oc2ccccc2c1CSc1nnc(C)s1)c1ccc(F)c(F)c1. The van der Waals surface area contributed by atoms with Crippen molar-refractivity contribution in [3.8, 4) is 0 Å². The van der Waals surface area contributed by atoms with Crippen LogP contribution in [0.25, 0.3) is 11.0 Å². The fourth-order valence-electron chi connectivity index (χ4n) is 3.10. The van der Waals surface area contributed by atoms with E-state index in [1.807, 2.05) is 25.1 Å². The molecule has 154 valence electrons. The van der Waals surface area contributed by atoms with E-state index in [1.54, 1.807) is 13.0 Å². The fourth-order valence-corrected chi connectivity index (χ4v) is 4.95. The summed E-state index contributed by atoms with van der Waals surface area (Å²) < 4.78 is 33.8. The molecule has 30 heavy (non-hydrogen) atoms. The molecular formula is C21H17F2N3O2S2. The Morgan fingerprint density at radius 1 is 1.17 bits per heavy atom. The van der Waals surface area contributed by atoms with E-state index in [-0.39, 0.29) is 18.0 Å². The van der Waals surface area contributed by atoms with E-state index in [2.05, 4.69) is 10.2 Å². The predicted octanol–water partition coefficient (Wildman–Crippen LogP) is 5.83. The highest BCUT2D eigenvalue weighted by Crippen LogP contribution is 2.34. The van der Waals surface area contributed by atoms with Crippen molar-refractivity contribution in [3.63, 3.8) is 0 Å². The minimum Gasteiger partial charge on any atom is -0.451 e. The molecule has 0 aliphatic rings. The van der Waals surface area contributed by atoms with Gasteiger partial charge >= 0.3 is 0 Å². The molecule has 4 rings (SSSR count). The molecular weight excluding hydrogens is 428 g/mol. The molecule has 2 aromatic carbocycles. The molecule has 0 bridgehead atoms. The third-order valence-electron chi connectivity index (χ3n) is 4.52. The number of para-hydroxylation sites is 1. The normalized spacial score (nSPS) is 11.2. The molecule has 0 N–H and O–H groups in total. The van der Waals surface area contributed by atoms with Gasteiger partial charge < -0.3 is 9.32 Å².